The molecule has 0 unspecified atom stereocenters. The zero-order chi connectivity index (χ0) is 39.0. The number of nitrogens with one attached hydrogen (secondary N) is 5. The molecule has 0 aromatic heterocycles. The lowest BCUT2D eigenvalue weighted by atomic mass is 9.96. The minimum atomic E-state index is -1.07. The van der Waals surface area contributed by atoms with Crippen LogP contribution in [-0.2, 0) is 41.6 Å². The molecule has 2 aromatic rings. The summed E-state index contributed by atoms with van der Waals surface area (Å²) in [7, 11) is 1.51. The maximum Gasteiger partial charge on any atom is 0.257 e. The first-order valence-corrected chi connectivity index (χ1v) is 18.7. The molecular weight excluding hydrogens is 694 g/mol. The third kappa shape index (κ3) is 13.0. The Balaban J connectivity index is 1.55. The second kappa shape index (κ2) is 20.9. The molecule has 0 aliphatic carbocycles. The van der Waals surface area contributed by atoms with Crippen LogP contribution < -0.4 is 41.8 Å². The van der Waals surface area contributed by atoms with Crippen molar-refractivity contribution in [3.63, 3.8) is 0 Å². The Morgan fingerprint density at radius 1 is 0.926 bits per heavy atom. The number of aryl methyl sites for hydroxylation is 1. The van der Waals surface area contributed by atoms with Gasteiger partial charge in [-0.2, -0.15) is 0 Å². The number of nitrogens with two attached hydrogens (primary N) is 1. The fourth-order valence-corrected chi connectivity index (χ4v) is 6.54. The number of hydrogen-bond acceptors (Lipinski definition) is 9. The first-order chi connectivity index (χ1) is 25.9. The highest BCUT2D eigenvalue weighted by atomic mass is 16.5. The number of carbonyl (C=O) groups is 6. The highest BCUT2D eigenvalue weighted by molar-refractivity contribution is 5.94. The lowest BCUT2D eigenvalue weighted by molar-refractivity contribution is -0.134. The fraction of sp³-hybridized carbons (Fsp3) is 0.538. The van der Waals surface area contributed by atoms with Gasteiger partial charge in [0, 0.05) is 25.4 Å². The van der Waals surface area contributed by atoms with Crippen molar-refractivity contribution in [2.45, 2.75) is 76.9 Å². The smallest absolute Gasteiger partial charge is 0.257 e. The molecule has 1 fully saturated rings. The van der Waals surface area contributed by atoms with Crippen molar-refractivity contribution in [1.29, 1.82) is 0 Å². The summed E-state index contributed by atoms with van der Waals surface area (Å²) in [6.45, 7) is 4.95. The molecule has 54 heavy (non-hydrogen) atoms. The van der Waals surface area contributed by atoms with E-state index in [0.29, 0.717) is 63.2 Å². The van der Waals surface area contributed by atoms with Crippen LogP contribution in [0.15, 0.2) is 48.5 Å². The summed E-state index contributed by atoms with van der Waals surface area (Å²) >= 11 is 0. The number of rotatable bonds is 8. The third-order valence-corrected chi connectivity index (χ3v) is 9.69. The number of ether oxygens (including phenoxy) is 2. The van der Waals surface area contributed by atoms with Gasteiger partial charge in [0.1, 0.15) is 18.1 Å². The van der Waals surface area contributed by atoms with Gasteiger partial charge in [-0.1, -0.05) is 50.2 Å². The van der Waals surface area contributed by atoms with Crippen molar-refractivity contribution < 1.29 is 38.2 Å². The second-order valence-corrected chi connectivity index (χ2v) is 14.2. The minimum Gasteiger partial charge on any atom is -0.493 e. The predicted octanol–water partition coefficient (Wildman–Crippen LogP) is 0.583. The van der Waals surface area contributed by atoms with Gasteiger partial charge in [-0.15, -0.1) is 0 Å². The Labute approximate surface area is 316 Å². The topological polar surface area (TPSA) is 210 Å². The van der Waals surface area contributed by atoms with Crippen LogP contribution in [0.1, 0.15) is 57.1 Å². The Morgan fingerprint density at radius 2 is 1.65 bits per heavy atom. The van der Waals surface area contributed by atoms with Gasteiger partial charge in [0.15, 0.2) is 18.1 Å². The number of methoxy groups -OCH3 is 1. The summed E-state index contributed by atoms with van der Waals surface area (Å²) in [4.78, 5) is 80.9. The van der Waals surface area contributed by atoms with Crippen molar-refractivity contribution in [1.82, 2.24) is 31.5 Å². The van der Waals surface area contributed by atoms with Crippen molar-refractivity contribution in [2.75, 3.05) is 46.4 Å². The van der Waals surface area contributed by atoms with Crippen LogP contribution in [0.5, 0.6) is 11.5 Å². The van der Waals surface area contributed by atoms with Gasteiger partial charge in [0.05, 0.1) is 13.7 Å². The molecule has 2 heterocycles. The van der Waals surface area contributed by atoms with Crippen LogP contribution in [-0.4, -0.2) is 105 Å². The SMILES string of the molecule is COc1ccc2cc1OCC(=O)NCCC[C@H](NC(=O)CN1CCC(C(N)=O)CC1)C(=O)N[C@@H](Cc1ccccc1)C(=O)N[C@H](C(C)C)C(=O)NCCC2. The lowest BCUT2D eigenvalue weighted by Gasteiger charge is -2.30. The number of hydrogen-bond donors (Lipinski definition) is 6. The van der Waals surface area contributed by atoms with E-state index in [1.807, 2.05) is 55.1 Å². The third-order valence-electron chi connectivity index (χ3n) is 9.69. The van der Waals surface area contributed by atoms with E-state index in [1.165, 1.54) is 7.11 Å². The first kappa shape index (κ1) is 41.6. The fourth-order valence-electron chi connectivity index (χ4n) is 6.54. The van der Waals surface area contributed by atoms with E-state index < -0.39 is 35.8 Å². The van der Waals surface area contributed by atoms with E-state index in [-0.39, 0.29) is 62.1 Å². The number of likely N-dealkylation sites (tertiary alicyclic amines) is 1. The molecule has 0 radical (unpaired) electrons. The van der Waals surface area contributed by atoms with Crippen molar-refractivity contribution in [3.8, 4) is 11.5 Å². The number of benzene rings is 2. The molecule has 3 atom stereocenters. The quantitative estimate of drug-likeness (QED) is 0.223. The number of primary amides is 1. The Kier molecular flexibility index (Phi) is 16.1. The van der Waals surface area contributed by atoms with Crippen LogP contribution in [0.4, 0.5) is 0 Å². The van der Waals surface area contributed by atoms with Gasteiger partial charge in [0.2, 0.25) is 29.5 Å². The lowest BCUT2D eigenvalue weighted by Crippen LogP contribution is -2.58. The Bertz CT molecular complexity index is 1600. The summed E-state index contributed by atoms with van der Waals surface area (Å²) in [6.07, 6.45) is 2.90. The minimum absolute atomic E-state index is 0.00705. The molecule has 15 heteroatoms. The van der Waals surface area contributed by atoms with Gasteiger partial charge in [-0.05, 0) is 80.8 Å². The van der Waals surface area contributed by atoms with Crippen LogP contribution in [0.2, 0.25) is 0 Å². The van der Waals surface area contributed by atoms with Crippen LogP contribution >= 0.6 is 0 Å². The van der Waals surface area contributed by atoms with E-state index in [1.54, 1.807) is 12.1 Å². The molecular formula is C39H55N7O8. The van der Waals surface area contributed by atoms with Crippen molar-refractivity contribution >= 4 is 35.4 Å². The first-order valence-electron chi connectivity index (χ1n) is 18.7. The van der Waals surface area contributed by atoms with E-state index in [2.05, 4.69) is 26.6 Å². The Hall–Kier alpha value is -5.18. The predicted molar refractivity (Wildman–Crippen MR) is 201 cm³/mol. The second-order valence-electron chi connectivity index (χ2n) is 14.2. The van der Waals surface area contributed by atoms with Gasteiger partial charge in [0.25, 0.3) is 5.91 Å². The molecule has 1 saturated heterocycles. The molecule has 2 aliphatic heterocycles. The summed E-state index contributed by atoms with van der Waals surface area (Å²) in [5.74, 6) is -2.22. The summed E-state index contributed by atoms with van der Waals surface area (Å²) in [5.41, 5.74) is 7.18. The molecule has 4 rings (SSSR count). The van der Waals surface area contributed by atoms with Gasteiger partial charge >= 0.3 is 0 Å². The van der Waals surface area contributed by atoms with Crippen molar-refractivity contribution in [2.24, 2.45) is 17.6 Å². The molecule has 2 aromatic carbocycles. The highest BCUT2D eigenvalue weighted by Gasteiger charge is 2.32. The zero-order valence-electron chi connectivity index (χ0n) is 31.5. The van der Waals surface area contributed by atoms with E-state index in [4.69, 9.17) is 15.2 Å². The summed E-state index contributed by atoms with van der Waals surface area (Å²) in [5, 5.41) is 14.3. The summed E-state index contributed by atoms with van der Waals surface area (Å²) < 4.78 is 11.2. The largest absolute Gasteiger partial charge is 0.493 e. The van der Waals surface area contributed by atoms with Crippen LogP contribution in [0, 0.1) is 11.8 Å². The monoisotopic (exact) mass is 749 g/mol. The highest BCUT2D eigenvalue weighted by Crippen LogP contribution is 2.28. The number of amides is 6. The molecule has 15 nitrogen and oxygen atoms in total. The average molecular weight is 750 g/mol. The van der Waals surface area contributed by atoms with Crippen molar-refractivity contribution in [3.05, 3.63) is 59.7 Å². The molecule has 2 bridgehead atoms. The molecule has 0 saturated carbocycles. The van der Waals surface area contributed by atoms with Gasteiger partial charge < -0.3 is 41.8 Å². The van der Waals surface area contributed by atoms with E-state index >= 15 is 0 Å². The maximum absolute atomic E-state index is 14.0. The standard InChI is InChI=1S/C39H55N7O8/c1-25(2)35-39(52)42-18-7-11-27-13-14-31(53-3)32(22-27)54-24-34(48)41-17-8-12-29(43-33(47)23-46-19-15-28(16-20-46)36(40)49)37(50)44-30(38(51)45-35)21-26-9-5-4-6-10-26/h4-6,9-10,13-14,22,25,28-30,35H,7-8,11-12,15-21,23-24H2,1-3H3,(H2,40,49)(H,41,48)(H,42,52)(H,43,47)(H,44,50)(H,45,51)/t29-,30-,35+/m0/s1. The normalized spacial score (nSPS) is 21.9. The number of nitrogens with zero attached hydrogens (tertiary/aromatic N) is 1. The molecule has 294 valence electrons. The average Bonchev–Trinajstić information content (AvgIpc) is 3.15. The zero-order valence-corrected chi connectivity index (χ0v) is 31.5. The molecule has 0 spiro atoms. The number of fused-ring (bicyclic) bond motifs is 2. The maximum atomic E-state index is 14.0. The molecule has 2 aliphatic rings. The van der Waals surface area contributed by atoms with Crippen LogP contribution in [0.3, 0.4) is 0 Å². The molecule has 7 N–H and O–H groups in total. The van der Waals surface area contributed by atoms with Gasteiger partial charge in [-0.25, -0.2) is 0 Å². The van der Waals surface area contributed by atoms with Crippen LogP contribution in [0.25, 0.3) is 0 Å². The van der Waals surface area contributed by atoms with E-state index in [9.17, 15) is 28.8 Å². The number of carbonyl (C=O) groups excluding carboxylic acids is 6. The molecule has 6 amide bonds. The van der Waals surface area contributed by atoms with Gasteiger partial charge in [-0.3, -0.25) is 33.7 Å². The van der Waals surface area contributed by atoms with E-state index in [0.717, 1.165) is 11.1 Å². The number of piperidine rings is 1. The summed E-state index contributed by atoms with van der Waals surface area (Å²) in [6, 6.07) is 11.7. The Morgan fingerprint density at radius 3 is 2.33 bits per heavy atom.